The van der Waals surface area contributed by atoms with Crippen LogP contribution in [0.3, 0.4) is 0 Å². The SMILES string of the molecule is COc1ccccc1OCC(=O)NN=Cc1cc(Br)ccc1OC(=O)C=Cc1ccccc1. The van der Waals surface area contributed by atoms with Crippen LogP contribution >= 0.6 is 15.9 Å². The molecule has 0 aliphatic heterocycles. The first-order valence-electron chi connectivity index (χ1n) is 9.87. The van der Waals surface area contributed by atoms with Crippen LogP contribution in [-0.2, 0) is 9.59 Å². The third kappa shape index (κ3) is 7.62. The number of benzene rings is 3. The minimum absolute atomic E-state index is 0.248. The molecule has 0 aromatic heterocycles. The summed E-state index contributed by atoms with van der Waals surface area (Å²) in [6.07, 6.45) is 4.39. The van der Waals surface area contributed by atoms with Crippen molar-refractivity contribution in [3.63, 3.8) is 0 Å². The third-order valence-electron chi connectivity index (χ3n) is 4.21. The largest absolute Gasteiger partial charge is 0.493 e. The van der Waals surface area contributed by atoms with Crippen LogP contribution < -0.4 is 19.6 Å². The highest BCUT2D eigenvalue weighted by molar-refractivity contribution is 9.10. The summed E-state index contributed by atoms with van der Waals surface area (Å²) in [5, 5.41) is 3.93. The summed E-state index contributed by atoms with van der Waals surface area (Å²) in [6, 6.07) is 21.5. The maximum atomic E-state index is 12.2. The number of esters is 1. The molecule has 8 heteroatoms. The average Bonchev–Trinajstić information content (AvgIpc) is 2.84. The molecule has 0 spiro atoms. The molecule has 0 saturated heterocycles. The molecule has 168 valence electrons. The van der Waals surface area contributed by atoms with E-state index in [4.69, 9.17) is 14.2 Å². The number of amides is 1. The van der Waals surface area contributed by atoms with Gasteiger partial charge in [-0.2, -0.15) is 5.10 Å². The molecule has 3 aromatic carbocycles. The molecule has 0 bridgehead atoms. The minimum atomic E-state index is -0.537. The van der Waals surface area contributed by atoms with E-state index in [0.29, 0.717) is 22.8 Å². The summed E-state index contributed by atoms with van der Waals surface area (Å²) in [7, 11) is 1.52. The van der Waals surface area contributed by atoms with Crippen molar-refractivity contribution in [2.45, 2.75) is 0 Å². The summed E-state index contributed by atoms with van der Waals surface area (Å²) >= 11 is 3.37. The Labute approximate surface area is 199 Å². The van der Waals surface area contributed by atoms with Gasteiger partial charge in [0.1, 0.15) is 5.75 Å². The zero-order valence-electron chi connectivity index (χ0n) is 17.7. The zero-order chi connectivity index (χ0) is 23.5. The number of nitrogens with zero attached hydrogens (tertiary/aromatic N) is 1. The van der Waals surface area contributed by atoms with E-state index in [-0.39, 0.29) is 6.61 Å². The lowest BCUT2D eigenvalue weighted by atomic mass is 10.2. The fourth-order valence-electron chi connectivity index (χ4n) is 2.67. The molecule has 0 unspecified atom stereocenters. The van der Waals surface area contributed by atoms with Gasteiger partial charge in [0.05, 0.1) is 13.3 Å². The van der Waals surface area contributed by atoms with Gasteiger partial charge < -0.3 is 14.2 Å². The molecule has 3 rings (SSSR count). The summed E-state index contributed by atoms with van der Waals surface area (Å²) in [5.74, 6) is 0.269. The van der Waals surface area contributed by atoms with E-state index in [2.05, 4.69) is 26.5 Å². The van der Waals surface area contributed by atoms with E-state index in [1.165, 1.54) is 19.4 Å². The van der Waals surface area contributed by atoms with E-state index in [9.17, 15) is 9.59 Å². The van der Waals surface area contributed by atoms with Gasteiger partial charge in [0.15, 0.2) is 18.1 Å². The molecule has 33 heavy (non-hydrogen) atoms. The zero-order valence-corrected chi connectivity index (χ0v) is 19.3. The number of carbonyl (C=O) groups excluding carboxylic acids is 2. The van der Waals surface area contributed by atoms with Crippen LogP contribution in [0, 0.1) is 0 Å². The lowest BCUT2D eigenvalue weighted by Gasteiger charge is -2.09. The van der Waals surface area contributed by atoms with E-state index >= 15 is 0 Å². The monoisotopic (exact) mass is 508 g/mol. The fourth-order valence-corrected chi connectivity index (χ4v) is 3.05. The van der Waals surface area contributed by atoms with Crippen molar-refractivity contribution < 1.29 is 23.8 Å². The Hall–Kier alpha value is -3.91. The van der Waals surface area contributed by atoms with Crippen LogP contribution in [-0.4, -0.2) is 31.8 Å². The van der Waals surface area contributed by atoms with Gasteiger partial charge >= 0.3 is 5.97 Å². The van der Waals surface area contributed by atoms with Crippen molar-refractivity contribution in [1.82, 2.24) is 5.43 Å². The molecule has 0 fully saturated rings. The highest BCUT2D eigenvalue weighted by atomic mass is 79.9. The topological polar surface area (TPSA) is 86.2 Å². The van der Waals surface area contributed by atoms with Gasteiger partial charge in [-0.15, -0.1) is 0 Å². The van der Waals surface area contributed by atoms with Crippen molar-refractivity contribution in [2.24, 2.45) is 5.10 Å². The first kappa shape index (κ1) is 23.7. The summed E-state index contributed by atoms with van der Waals surface area (Å²) in [4.78, 5) is 24.3. The second-order valence-electron chi connectivity index (χ2n) is 6.58. The molecule has 0 heterocycles. The Morgan fingerprint density at radius 2 is 1.70 bits per heavy atom. The molecule has 7 nitrogen and oxygen atoms in total. The van der Waals surface area contributed by atoms with Crippen LogP contribution in [0.25, 0.3) is 6.08 Å². The molecule has 0 atom stereocenters. The van der Waals surface area contributed by atoms with Gasteiger partial charge in [-0.25, -0.2) is 10.2 Å². The Morgan fingerprint density at radius 1 is 0.970 bits per heavy atom. The number of methoxy groups -OCH3 is 1. The highest BCUT2D eigenvalue weighted by Gasteiger charge is 2.08. The minimum Gasteiger partial charge on any atom is -0.493 e. The van der Waals surface area contributed by atoms with Crippen molar-refractivity contribution in [1.29, 1.82) is 0 Å². The van der Waals surface area contributed by atoms with Crippen molar-refractivity contribution >= 4 is 40.1 Å². The van der Waals surface area contributed by atoms with Crippen molar-refractivity contribution in [2.75, 3.05) is 13.7 Å². The Morgan fingerprint density at radius 3 is 2.45 bits per heavy atom. The molecule has 1 N–H and O–H groups in total. The number of hydrogen-bond acceptors (Lipinski definition) is 6. The highest BCUT2D eigenvalue weighted by Crippen LogP contribution is 2.25. The van der Waals surface area contributed by atoms with Crippen LogP contribution in [0.1, 0.15) is 11.1 Å². The molecule has 0 saturated carbocycles. The van der Waals surface area contributed by atoms with E-state index in [1.54, 1.807) is 48.5 Å². The normalized spacial score (nSPS) is 10.8. The number of hydrogen-bond donors (Lipinski definition) is 1. The number of carbonyl (C=O) groups is 2. The Balaban J connectivity index is 1.58. The number of halogens is 1. The van der Waals surface area contributed by atoms with Crippen molar-refractivity contribution in [3.8, 4) is 17.2 Å². The lowest BCUT2D eigenvalue weighted by Crippen LogP contribution is -2.24. The first-order chi connectivity index (χ1) is 16.0. The predicted octanol–water partition coefficient (Wildman–Crippen LogP) is 4.61. The van der Waals surface area contributed by atoms with Crippen LogP contribution in [0.15, 0.2) is 88.4 Å². The third-order valence-corrected chi connectivity index (χ3v) is 4.71. The summed E-state index contributed by atoms with van der Waals surface area (Å²) in [6.45, 7) is -0.248. The molecule has 1 amide bonds. The molecule has 3 aromatic rings. The van der Waals surface area contributed by atoms with E-state index in [1.807, 2.05) is 30.3 Å². The van der Waals surface area contributed by atoms with Gasteiger partial charge in [0.25, 0.3) is 5.91 Å². The van der Waals surface area contributed by atoms with E-state index in [0.717, 1.165) is 10.0 Å². The fraction of sp³-hybridized carbons (Fsp3) is 0.0800. The van der Waals surface area contributed by atoms with Crippen LogP contribution in [0.5, 0.6) is 17.2 Å². The smallest absolute Gasteiger partial charge is 0.336 e. The number of hydrazone groups is 1. The number of rotatable bonds is 9. The Bertz CT molecular complexity index is 1160. The Kier molecular flexibility index (Phi) is 8.79. The number of para-hydroxylation sites is 2. The number of ether oxygens (including phenoxy) is 3. The van der Waals surface area contributed by atoms with E-state index < -0.39 is 11.9 Å². The second-order valence-corrected chi connectivity index (χ2v) is 7.50. The van der Waals surface area contributed by atoms with Gasteiger partial charge in [-0.3, -0.25) is 4.79 Å². The van der Waals surface area contributed by atoms with Crippen LogP contribution in [0.4, 0.5) is 0 Å². The van der Waals surface area contributed by atoms with Gasteiger partial charge in [-0.1, -0.05) is 58.4 Å². The molecular formula is C25H21BrN2O5. The number of nitrogens with one attached hydrogen (secondary N) is 1. The standard InChI is InChI=1S/C25H21BrN2O5/c1-31-22-9-5-6-10-23(22)32-17-24(29)28-27-16-19-15-20(26)12-13-21(19)33-25(30)14-11-18-7-3-2-4-8-18/h2-16H,17H2,1H3,(H,28,29). The maximum Gasteiger partial charge on any atom is 0.336 e. The average molecular weight is 509 g/mol. The second kappa shape index (κ2) is 12.2. The predicted molar refractivity (Wildman–Crippen MR) is 129 cm³/mol. The van der Waals surface area contributed by atoms with Gasteiger partial charge in [0.2, 0.25) is 0 Å². The molecule has 0 aliphatic rings. The molecule has 0 radical (unpaired) electrons. The van der Waals surface area contributed by atoms with Gasteiger partial charge in [0, 0.05) is 16.1 Å². The van der Waals surface area contributed by atoms with Gasteiger partial charge in [-0.05, 0) is 42.0 Å². The van der Waals surface area contributed by atoms with Crippen LogP contribution in [0.2, 0.25) is 0 Å². The first-order valence-corrected chi connectivity index (χ1v) is 10.7. The van der Waals surface area contributed by atoms with Crippen molar-refractivity contribution in [3.05, 3.63) is 94.5 Å². The lowest BCUT2D eigenvalue weighted by molar-refractivity contribution is -0.129. The molecular weight excluding hydrogens is 488 g/mol. The molecule has 0 aliphatic carbocycles. The summed E-state index contributed by atoms with van der Waals surface area (Å²) in [5.41, 5.74) is 3.76. The quantitative estimate of drug-likeness (QED) is 0.150. The summed E-state index contributed by atoms with van der Waals surface area (Å²) < 4.78 is 16.8. The maximum absolute atomic E-state index is 12.2.